The molecule has 0 radical (unpaired) electrons. The summed E-state index contributed by atoms with van der Waals surface area (Å²) in [6.45, 7) is 89.9. The molecule has 0 aromatic carbocycles. The predicted molar refractivity (Wildman–Crippen MR) is 601 cm³/mol. The Morgan fingerprint density at radius 1 is 0.229 bits per heavy atom. The van der Waals surface area contributed by atoms with Crippen molar-refractivity contribution in [2.24, 2.45) is 53.3 Å². The van der Waals surface area contributed by atoms with Crippen molar-refractivity contribution in [3.63, 3.8) is 0 Å². The molecule has 22 nitrogen and oxygen atoms in total. The van der Waals surface area contributed by atoms with E-state index in [2.05, 4.69) is 145 Å². The minimum absolute atomic E-state index is 0.00817. The van der Waals surface area contributed by atoms with Crippen LogP contribution in [0.5, 0.6) is 0 Å². The lowest BCUT2D eigenvalue weighted by Gasteiger charge is -2.41. The van der Waals surface area contributed by atoms with E-state index in [-0.39, 0.29) is 145 Å². The second kappa shape index (κ2) is 73.4. The van der Waals surface area contributed by atoms with E-state index in [0.717, 1.165) is 58.5 Å². The molecule has 7 fully saturated rings. The molecule has 3 unspecified atom stereocenters. The highest BCUT2D eigenvalue weighted by atomic mass is 32.2. The summed E-state index contributed by atoms with van der Waals surface area (Å²) in [5, 5.41) is 5.49. The van der Waals surface area contributed by atoms with Gasteiger partial charge in [0, 0.05) is 36.4 Å². The zero-order valence-corrected chi connectivity index (χ0v) is 103. The maximum Gasteiger partial charge on any atom is 0.308 e. The fourth-order valence-corrected chi connectivity index (χ4v) is 28.6. The number of esters is 9. The first-order chi connectivity index (χ1) is 64.8. The third kappa shape index (κ3) is 65.4. The number of thioether (sulfide) groups is 9. The van der Waals surface area contributed by atoms with Crippen LogP contribution in [0.1, 0.15) is 379 Å². The lowest BCUT2D eigenvalue weighted by Crippen LogP contribution is -2.51. The first-order valence-corrected chi connectivity index (χ1v) is 60.7. The van der Waals surface area contributed by atoms with E-state index >= 15 is 0 Å². The van der Waals surface area contributed by atoms with Gasteiger partial charge in [-0.2, -0.15) is 11.8 Å². The minimum Gasteiger partial charge on any atom is -0.464 e. The molecule has 31 heteroatoms. The maximum absolute atomic E-state index is 11.6. The van der Waals surface area contributed by atoms with E-state index in [9.17, 15) is 43.2 Å². The van der Waals surface area contributed by atoms with Crippen LogP contribution in [0.4, 0.5) is 0 Å². The summed E-state index contributed by atoms with van der Waals surface area (Å²) in [5.74, 6) is -1.12. The van der Waals surface area contributed by atoms with Gasteiger partial charge in [-0.3, -0.25) is 43.2 Å². The van der Waals surface area contributed by atoms with Crippen molar-refractivity contribution in [3.8, 4) is 0 Å². The van der Waals surface area contributed by atoms with Gasteiger partial charge in [-0.25, -0.2) is 0 Å². The van der Waals surface area contributed by atoms with Crippen LogP contribution in [0.2, 0.25) is 0 Å². The van der Waals surface area contributed by atoms with Gasteiger partial charge in [-0.15, -0.1) is 94.1 Å². The third-order valence-electron chi connectivity index (χ3n) is 22.1. The summed E-state index contributed by atoms with van der Waals surface area (Å²) in [6, 6.07) is 0. The van der Waals surface area contributed by atoms with Gasteiger partial charge in [0.25, 0.3) is 0 Å². The zero-order valence-electron chi connectivity index (χ0n) is 95.2. The maximum atomic E-state index is 11.6. The first kappa shape index (κ1) is 140. The Bertz CT molecular complexity index is 3120. The van der Waals surface area contributed by atoms with E-state index in [1.165, 1.54) is 77.0 Å². The highest BCUT2D eigenvalue weighted by Crippen LogP contribution is 2.49. The summed E-state index contributed by atoms with van der Waals surface area (Å²) in [5.41, 5.74) is 0. The average molecular weight is 2160 g/mol. The summed E-state index contributed by atoms with van der Waals surface area (Å²) >= 11 is 17.1. The van der Waals surface area contributed by atoms with Crippen LogP contribution in [0.3, 0.4) is 0 Å². The van der Waals surface area contributed by atoms with Crippen molar-refractivity contribution < 1.29 is 105 Å². The summed E-state index contributed by atoms with van der Waals surface area (Å²) in [4.78, 5) is 103. The monoisotopic (exact) mass is 2150 g/mol. The number of ether oxygens (including phenoxy) is 13. The van der Waals surface area contributed by atoms with E-state index < -0.39 is 0 Å². The van der Waals surface area contributed by atoms with Crippen molar-refractivity contribution >= 4 is 160 Å². The molecule has 0 aromatic rings. The second-order valence-corrected chi connectivity index (χ2v) is 63.1. The predicted octanol–water partition coefficient (Wildman–Crippen LogP) is 27.1. The van der Waals surface area contributed by atoms with E-state index in [0.29, 0.717) is 138 Å². The van der Waals surface area contributed by atoms with E-state index in [1.807, 2.05) is 230 Å². The van der Waals surface area contributed by atoms with Crippen molar-refractivity contribution in [1.82, 2.24) is 0 Å². The van der Waals surface area contributed by atoms with Crippen LogP contribution in [0.25, 0.3) is 0 Å². The number of rotatable bonds is 45. The smallest absolute Gasteiger partial charge is 0.308 e. The Labute approximate surface area is 892 Å². The van der Waals surface area contributed by atoms with Gasteiger partial charge in [-0.05, 0) is 139 Å². The molecule has 7 aliphatic rings. The van der Waals surface area contributed by atoms with Crippen molar-refractivity contribution in [2.75, 3.05) is 112 Å². The molecule has 0 bridgehead atoms. The quantitative estimate of drug-likeness (QED) is 0.0405. The van der Waals surface area contributed by atoms with Gasteiger partial charge in [-0.1, -0.05) is 288 Å². The fraction of sp³-hybridized carbons (Fsp3) is 0.917. The molecule has 0 amide bonds. The molecule has 0 N–H and O–H groups in total. The van der Waals surface area contributed by atoms with E-state index in [4.69, 9.17) is 61.6 Å². The Hall–Kier alpha value is -1.78. The number of hydrogen-bond donors (Lipinski definition) is 0. The largest absolute Gasteiger partial charge is 0.464 e. The van der Waals surface area contributed by atoms with Gasteiger partial charge < -0.3 is 61.6 Å². The molecule has 3 aliphatic carbocycles. The standard InChI is InChI=1S/C14H26O2S.2C13H24O3S.C13H24O2S.C12H22O3S.C12H22O2S.C11H20O3S.C11H22O2S.C10H20O2S/c1-11(2)13(15)16-10-14(17-12(3)4)8-6-5-7-9-14;1-10(2)12(14)16-9-13(17-11(3)4)5-7-15-8-6-13;1-10(2)12(14)16-9-13(17-11(3)4)6-5-7-15-8-13;1-10(2)12(14)15-9-13(16-11(3)4)7-5-6-8-13;1-9(2)11(13)15-8-12(16-10(3)4)5-6-14-7-12;1-9(2)11(13)14-8-12(6-5-7-12)15-10(3)4;1-8(2)10(12)14-7-11(5-13-6-11)15-9(3)4;1-8(2)10(12)13-7-11(5,6)14-9(3)4;1-7(2)10(11)12-6-9(5)13-8(3)4/h11-12H,5-10H2,1-4H3;2*10-11H,5-9H2,1-4H3;10-11H,5-9H2,1-4H3;9-10H,5-8H2,1-4H3;9-10H,5-8H2,1-4H3;8-9H,5-7H2,1-4H3;8-9H,7H2,1-6H3;7-9H,6H2,1-5H3. The van der Waals surface area contributed by atoms with Gasteiger partial charge in [0.1, 0.15) is 59.5 Å². The zero-order chi connectivity index (χ0) is 108. The number of carbonyl (C=O) groups is 9. The first-order valence-electron chi connectivity index (χ1n) is 52.7. The molecule has 3 atom stereocenters. The molecule has 4 saturated heterocycles. The van der Waals surface area contributed by atoms with Crippen LogP contribution in [-0.2, 0) is 105 Å². The van der Waals surface area contributed by atoms with Crippen molar-refractivity contribution in [3.05, 3.63) is 0 Å². The second-order valence-electron chi connectivity index (χ2n) is 44.4. The minimum atomic E-state index is -0.120. The summed E-state index contributed by atoms with van der Waals surface area (Å²) in [6.07, 6.45) is 19.9. The topological polar surface area (TPSA) is 274 Å². The highest BCUT2D eigenvalue weighted by molar-refractivity contribution is 8.03. The molecule has 0 spiro atoms. The molecule has 4 heterocycles. The molecular formula is C109H204O22S9. The van der Waals surface area contributed by atoms with Gasteiger partial charge in [0.15, 0.2) is 0 Å². The van der Waals surface area contributed by atoms with Crippen LogP contribution >= 0.6 is 106 Å². The summed E-state index contributed by atoms with van der Waals surface area (Å²) < 4.78 is 70.4. The molecule has 4 aliphatic heterocycles. The molecule has 140 heavy (non-hydrogen) atoms. The summed E-state index contributed by atoms with van der Waals surface area (Å²) in [7, 11) is 0. The van der Waals surface area contributed by atoms with Crippen LogP contribution < -0.4 is 0 Å². The lowest BCUT2D eigenvalue weighted by molar-refractivity contribution is -0.152. The SMILES string of the molecule is CC(C)SC(C)(C)COC(=O)C(C)C.CC(C)SC(C)COC(=O)C(C)C.CC(C)SC1(COC(=O)C(C)C)CCC1.CC(C)SC1(COC(=O)C(C)C)CCCC1.CC(C)SC1(COC(=O)C(C)C)CCCCC1.CC(C)SC1(COC(=O)C(C)C)CCCOC1.CC(C)SC1(COC(=O)C(C)C)CCOC1.CC(C)SC1(COC(=O)C(C)C)CCOCC1.CC(C)SC1(COC(=O)C(C)C)COC1. The Kier molecular flexibility index (Phi) is 73.6. The Balaban J connectivity index is 0. The molecule has 3 saturated carbocycles. The van der Waals surface area contributed by atoms with Gasteiger partial charge in [0.2, 0.25) is 0 Å². The van der Waals surface area contributed by atoms with Crippen LogP contribution in [0, 0.1) is 53.3 Å². The van der Waals surface area contributed by atoms with Gasteiger partial charge in [0.05, 0.1) is 113 Å². The number of hydrogen-bond acceptors (Lipinski definition) is 31. The van der Waals surface area contributed by atoms with Crippen molar-refractivity contribution in [2.45, 2.75) is 470 Å². The van der Waals surface area contributed by atoms with E-state index in [1.54, 1.807) is 0 Å². The Morgan fingerprint density at radius 2 is 0.450 bits per heavy atom. The van der Waals surface area contributed by atoms with Crippen LogP contribution in [0.15, 0.2) is 0 Å². The highest BCUT2D eigenvalue weighted by Gasteiger charge is 2.45. The van der Waals surface area contributed by atoms with Crippen LogP contribution in [-0.4, -0.2) is 257 Å². The van der Waals surface area contributed by atoms with Crippen molar-refractivity contribution in [1.29, 1.82) is 0 Å². The molecule has 826 valence electrons. The normalized spacial score (nSPS) is 19.5. The molecular weight excluding hydrogens is 1950 g/mol. The fourth-order valence-electron chi connectivity index (χ4n) is 15.2. The third-order valence-corrected chi connectivity index (χ3v) is 34.6. The molecule has 7 rings (SSSR count). The average Bonchev–Trinajstić information content (AvgIpc) is 0.986. The lowest BCUT2D eigenvalue weighted by atomic mass is 9.85. The van der Waals surface area contributed by atoms with Gasteiger partial charge >= 0.3 is 53.7 Å². The Morgan fingerprint density at radius 3 is 0.700 bits per heavy atom. The number of carbonyl (C=O) groups excluding carboxylic acids is 9. The molecule has 0 aromatic heterocycles.